The molecule has 0 aliphatic rings. The van der Waals surface area contributed by atoms with Crippen LogP contribution in [0.5, 0.6) is 0 Å². The molecule has 2 N–H and O–H groups in total. The van der Waals surface area contributed by atoms with Crippen LogP contribution in [0.15, 0.2) is 66.7 Å². The van der Waals surface area contributed by atoms with Gasteiger partial charge in [-0.05, 0) is 47.3 Å². The minimum Gasteiger partial charge on any atom is -0.332 e. The van der Waals surface area contributed by atoms with Crippen LogP contribution in [0.4, 0.5) is 10.1 Å². The quantitative estimate of drug-likeness (QED) is 0.697. The summed E-state index contributed by atoms with van der Waals surface area (Å²) in [6.45, 7) is 0. The van der Waals surface area contributed by atoms with E-state index in [-0.39, 0.29) is 16.8 Å². The molecule has 5 heteroatoms. The number of thiocarbonyl (C=S) groups is 1. The van der Waals surface area contributed by atoms with Gasteiger partial charge in [0.25, 0.3) is 5.91 Å². The van der Waals surface area contributed by atoms with E-state index in [1.54, 1.807) is 18.2 Å². The van der Waals surface area contributed by atoms with Crippen molar-refractivity contribution >= 4 is 39.7 Å². The molecular formula is C18H13FN2OS. The van der Waals surface area contributed by atoms with Gasteiger partial charge in [0.1, 0.15) is 5.82 Å². The maximum atomic E-state index is 13.1. The van der Waals surface area contributed by atoms with Crippen molar-refractivity contribution in [2.45, 2.75) is 0 Å². The molecule has 0 aromatic heterocycles. The molecule has 3 nitrogen and oxygen atoms in total. The summed E-state index contributed by atoms with van der Waals surface area (Å²) in [6, 6.07) is 19.0. The Morgan fingerprint density at radius 2 is 1.70 bits per heavy atom. The van der Waals surface area contributed by atoms with Gasteiger partial charge in [-0.2, -0.15) is 0 Å². The SMILES string of the molecule is O=C(NC(=S)Nc1cccc(F)c1)c1cccc2ccccc12. The second kappa shape index (κ2) is 6.54. The molecule has 3 aromatic rings. The number of hydrogen-bond acceptors (Lipinski definition) is 2. The maximum Gasteiger partial charge on any atom is 0.258 e. The van der Waals surface area contributed by atoms with Crippen LogP contribution in [0.1, 0.15) is 10.4 Å². The zero-order valence-corrected chi connectivity index (χ0v) is 12.9. The largest absolute Gasteiger partial charge is 0.332 e. The highest BCUT2D eigenvalue weighted by Gasteiger charge is 2.11. The van der Waals surface area contributed by atoms with Crippen molar-refractivity contribution in [1.82, 2.24) is 5.32 Å². The highest BCUT2D eigenvalue weighted by atomic mass is 32.1. The van der Waals surface area contributed by atoms with E-state index in [1.165, 1.54) is 12.1 Å². The Morgan fingerprint density at radius 3 is 2.52 bits per heavy atom. The summed E-state index contributed by atoms with van der Waals surface area (Å²) >= 11 is 5.11. The first-order valence-electron chi connectivity index (χ1n) is 6.99. The normalized spacial score (nSPS) is 10.3. The lowest BCUT2D eigenvalue weighted by Crippen LogP contribution is -2.34. The highest BCUT2D eigenvalue weighted by Crippen LogP contribution is 2.18. The Hall–Kier alpha value is -2.79. The van der Waals surface area contributed by atoms with E-state index in [1.807, 2.05) is 36.4 Å². The summed E-state index contributed by atoms with van der Waals surface area (Å²) in [4.78, 5) is 12.4. The molecule has 0 spiro atoms. The van der Waals surface area contributed by atoms with Gasteiger partial charge in [0, 0.05) is 11.3 Å². The van der Waals surface area contributed by atoms with Crippen LogP contribution in [0.25, 0.3) is 10.8 Å². The first kappa shape index (κ1) is 15.1. The first-order valence-corrected chi connectivity index (χ1v) is 7.40. The summed E-state index contributed by atoms with van der Waals surface area (Å²) in [5.41, 5.74) is 1.01. The number of rotatable bonds is 2. The molecule has 0 fully saturated rings. The number of carbonyl (C=O) groups excluding carboxylic acids is 1. The van der Waals surface area contributed by atoms with E-state index in [4.69, 9.17) is 12.2 Å². The topological polar surface area (TPSA) is 41.1 Å². The van der Waals surface area contributed by atoms with Gasteiger partial charge in [0.2, 0.25) is 0 Å². The number of hydrogen-bond donors (Lipinski definition) is 2. The molecule has 23 heavy (non-hydrogen) atoms. The summed E-state index contributed by atoms with van der Waals surface area (Å²) in [7, 11) is 0. The molecular weight excluding hydrogens is 311 g/mol. The maximum absolute atomic E-state index is 13.1. The average Bonchev–Trinajstić information content (AvgIpc) is 2.54. The molecule has 3 rings (SSSR count). The van der Waals surface area contributed by atoms with Gasteiger partial charge in [0.15, 0.2) is 5.11 Å². The molecule has 3 aromatic carbocycles. The van der Waals surface area contributed by atoms with Crippen LogP contribution in [0, 0.1) is 5.82 Å². The van der Waals surface area contributed by atoms with E-state index in [9.17, 15) is 9.18 Å². The molecule has 0 aliphatic heterocycles. The molecule has 0 atom stereocenters. The van der Waals surface area contributed by atoms with Crippen LogP contribution >= 0.6 is 12.2 Å². The zero-order chi connectivity index (χ0) is 16.2. The highest BCUT2D eigenvalue weighted by molar-refractivity contribution is 7.80. The van der Waals surface area contributed by atoms with Gasteiger partial charge >= 0.3 is 0 Å². The van der Waals surface area contributed by atoms with Crippen molar-refractivity contribution in [3.63, 3.8) is 0 Å². The third kappa shape index (κ3) is 3.52. The van der Waals surface area contributed by atoms with Crippen molar-refractivity contribution in [2.75, 3.05) is 5.32 Å². The third-order valence-corrected chi connectivity index (χ3v) is 3.55. The lowest BCUT2D eigenvalue weighted by atomic mass is 10.0. The molecule has 0 unspecified atom stereocenters. The number of nitrogens with one attached hydrogen (secondary N) is 2. The summed E-state index contributed by atoms with van der Waals surface area (Å²) in [5.74, 6) is -0.686. The number of carbonyl (C=O) groups is 1. The molecule has 0 aliphatic carbocycles. The second-order valence-corrected chi connectivity index (χ2v) is 5.35. The molecule has 0 saturated carbocycles. The van der Waals surface area contributed by atoms with Gasteiger partial charge in [-0.3, -0.25) is 10.1 Å². The van der Waals surface area contributed by atoms with E-state index < -0.39 is 0 Å². The number of halogens is 1. The third-order valence-electron chi connectivity index (χ3n) is 3.34. The van der Waals surface area contributed by atoms with E-state index in [0.29, 0.717) is 11.3 Å². The lowest BCUT2D eigenvalue weighted by Gasteiger charge is -2.11. The van der Waals surface area contributed by atoms with Gasteiger partial charge in [-0.25, -0.2) is 4.39 Å². The molecule has 0 bridgehead atoms. The van der Waals surface area contributed by atoms with Crippen LogP contribution in [0.3, 0.4) is 0 Å². The smallest absolute Gasteiger partial charge is 0.258 e. The van der Waals surface area contributed by atoms with Gasteiger partial charge in [-0.15, -0.1) is 0 Å². The van der Waals surface area contributed by atoms with Crippen molar-refractivity contribution in [3.05, 3.63) is 78.1 Å². The van der Waals surface area contributed by atoms with Crippen molar-refractivity contribution < 1.29 is 9.18 Å². The fourth-order valence-corrected chi connectivity index (χ4v) is 2.53. The standard InChI is InChI=1S/C18H13FN2OS/c19-13-7-4-8-14(11-13)20-18(23)21-17(22)16-10-3-6-12-5-1-2-9-15(12)16/h1-11H,(H2,20,21,22,23). The van der Waals surface area contributed by atoms with Crippen molar-refractivity contribution in [2.24, 2.45) is 0 Å². The van der Waals surface area contributed by atoms with Crippen LogP contribution in [-0.4, -0.2) is 11.0 Å². The van der Waals surface area contributed by atoms with Crippen molar-refractivity contribution in [1.29, 1.82) is 0 Å². The minimum atomic E-state index is -0.377. The molecule has 0 heterocycles. The number of benzene rings is 3. The summed E-state index contributed by atoms with van der Waals surface area (Å²) < 4.78 is 13.1. The number of anilines is 1. The van der Waals surface area contributed by atoms with Gasteiger partial charge in [0.05, 0.1) is 0 Å². The van der Waals surface area contributed by atoms with E-state index in [2.05, 4.69) is 10.6 Å². The Morgan fingerprint density at radius 1 is 0.957 bits per heavy atom. The fourth-order valence-electron chi connectivity index (χ4n) is 2.32. The molecule has 1 amide bonds. The van der Waals surface area contributed by atoms with Crippen LogP contribution in [-0.2, 0) is 0 Å². The fraction of sp³-hybridized carbons (Fsp3) is 0. The number of amides is 1. The van der Waals surface area contributed by atoms with Crippen molar-refractivity contribution in [3.8, 4) is 0 Å². The van der Waals surface area contributed by atoms with E-state index >= 15 is 0 Å². The van der Waals surface area contributed by atoms with Crippen LogP contribution in [0.2, 0.25) is 0 Å². The predicted octanol–water partition coefficient (Wildman–Crippen LogP) is 4.11. The molecule has 114 valence electrons. The minimum absolute atomic E-state index is 0.119. The molecule has 0 radical (unpaired) electrons. The number of fused-ring (bicyclic) bond motifs is 1. The summed E-state index contributed by atoms with van der Waals surface area (Å²) in [6.07, 6.45) is 0. The first-order chi connectivity index (χ1) is 11.1. The average molecular weight is 324 g/mol. The molecule has 0 saturated heterocycles. The zero-order valence-electron chi connectivity index (χ0n) is 12.0. The second-order valence-electron chi connectivity index (χ2n) is 4.95. The summed E-state index contributed by atoms with van der Waals surface area (Å²) in [5, 5.41) is 7.35. The monoisotopic (exact) mass is 324 g/mol. The van der Waals surface area contributed by atoms with Gasteiger partial charge < -0.3 is 5.32 Å². The Kier molecular flexibility index (Phi) is 4.30. The lowest BCUT2D eigenvalue weighted by molar-refractivity contribution is 0.0979. The Balaban J connectivity index is 1.77. The van der Waals surface area contributed by atoms with Crippen LogP contribution < -0.4 is 10.6 Å². The Bertz CT molecular complexity index is 890. The van der Waals surface area contributed by atoms with Gasteiger partial charge in [-0.1, -0.05) is 42.5 Å². The Labute approximate surface area is 138 Å². The van der Waals surface area contributed by atoms with E-state index in [0.717, 1.165) is 10.8 Å². The predicted molar refractivity (Wildman–Crippen MR) is 94.0 cm³/mol.